The Hall–Kier alpha value is -3.68. The molecule has 0 bridgehead atoms. The Kier molecular flexibility index (Phi) is 6.44. The number of hydrogen-bond donors (Lipinski definition) is 2. The number of amides is 2. The molecule has 2 aromatic rings. The molecule has 8 heteroatoms. The normalized spacial score (nSPS) is 22.5. The van der Waals surface area contributed by atoms with Crippen LogP contribution in [0.3, 0.4) is 0 Å². The second kappa shape index (κ2) is 9.44. The average Bonchev–Trinajstić information content (AvgIpc) is 3.20. The maximum Gasteiger partial charge on any atom is 0.308 e. The van der Waals surface area contributed by atoms with Crippen LogP contribution in [0.25, 0.3) is 0 Å². The van der Waals surface area contributed by atoms with Crippen molar-refractivity contribution in [2.24, 2.45) is 5.92 Å². The minimum absolute atomic E-state index is 0.0942. The van der Waals surface area contributed by atoms with Crippen LogP contribution in [0.15, 0.2) is 54.6 Å². The maximum atomic E-state index is 13.4. The van der Waals surface area contributed by atoms with Crippen LogP contribution < -0.4 is 5.32 Å². The molecule has 0 radical (unpaired) electrons. The number of aliphatic carboxylic acids is 1. The standard InChI is InChI=1S/C25H26N2O6/c1-15(28)33-22(11-16-7-3-2-4-8-16)23(29)26-20-12-17-9-5-6-10-19(17)21-13-18(25(31)32)14-27(21)24(20)30/h2-10,18,20-22H,11-14H2,1H3,(H,26,29)(H,31,32)/t18-,20-,21+,22+/m0/s1. The van der Waals surface area contributed by atoms with Crippen molar-refractivity contribution in [3.63, 3.8) is 0 Å². The predicted octanol–water partition coefficient (Wildman–Crippen LogP) is 1.88. The highest BCUT2D eigenvalue weighted by Crippen LogP contribution is 2.40. The maximum absolute atomic E-state index is 13.4. The lowest BCUT2D eigenvalue weighted by atomic mass is 9.94. The molecule has 0 spiro atoms. The van der Waals surface area contributed by atoms with Crippen LogP contribution in [0, 0.1) is 5.92 Å². The molecular formula is C25H26N2O6. The zero-order valence-electron chi connectivity index (χ0n) is 18.3. The number of carbonyl (C=O) groups is 4. The third-order valence-electron chi connectivity index (χ3n) is 6.25. The summed E-state index contributed by atoms with van der Waals surface area (Å²) < 4.78 is 5.28. The fourth-order valence-corrected chi connectivity index (χ4v) is 4.70. The Bertz CT molecular complexity index is 1070. The number of ether oxygens (including phenoxy) is 1. The molecule has 2 N–H and O–H groups in total. The molecule has 2 amide bonds. The third kappa shape index (κ3) is 4.89. The quantitative estimate of drug-likeness (QED) is 0.650. The van der Waals surface area contributed by atoms with Gasteiger partial charge in [0, 0.05) is 26.3 Å². The highest BCUT2D eigenvalue weighted by Gasteiger charge is 2.45. The molecule has 2 aliphatic rings. The van der Waals surface area contributed by atoms with Gasteiger partial charge in [0.15, 0.2) is 6.10 Å². The molecular weight excluding hydrogens is 424 g/mol. The monoisotopic (exact) mass is 450 g/mol. The van der Waals surface area contributed by atoms with E-state index in [4.69, 9.17) is 4.74 Å². The van der Waals surface area contributed by atoms with Crippen LogP contribution in [0.4, 0.5) is 0 Å². The molecule has 0 aliphatic carbocycles. The van der Waals surface area contributed by atoms with E-state index in [-0.39, 0.29) is 31.3 Å². The van der Waals surface area contributed by atoms with E-state index in [9.17, 15) is 24.3 Å². The highest BCUT2D eigenvalue weighted by atomic mass is 16.5. The zero-order valence-corrected chi connectivity index (χ0v) is 18.3. The lowest BCUT2D eigenvalue weighted by molar-refractivity contribution is -0.154. The Balaban J connectivity index is 1.58. The van der Waals surface area contributed by atoms with Gasteiger partial charge in [0.1, 0.15) is 6.04 Å². The molecule has 2 heterocycles. The van der Waals surface area contributed by atoms with Gasteiger partial charge in [0.05, 0.1) is 12.0 Å². The summed E-state index contributed by atoms with van der Waals surface area (Å²) in [7, 11) is 0. The SMILES string of the molecule is CC(=O)O[C@H](Cc1ccccc1)C(=O)N[C@H]1Cc2ccccc2[C@H]2C[C@H](C(=O)O)CN2C1=O. The Morgan fingerprint density at radius 1 is 1.12 bits per heavy atom. The number of nitrogens with one attached hydrogen (secondary N) is 1. The van der Waals surface area contributed by atoms with Crippen molar-refractivity contribution in [3.05, 3.63) is 71.3 Å². The Labute approximate surface area is 191 Å². The minimum Gasteiger partial charge on any atom is -0.481 e. The number of carboxylic acid groups (broad SMARTS) is 1. The first-order valence-electron chi connectivity index (χ1n) is 11.0. The summed E-state index contributed by atoms with van der Waals surface area (Å²) in [5.41, 5.74) is 2.62. The largest absolute Gasteiger partial charge is 0.481 e. The van der Waals surface area contributed by atoms with Crippen LogP contribution >= 0.6 is 0 Å². The average molecular weight is 450 g/mol. The van der Waals surface area contributed by atoms with E-state index in [1.165, 1.54) is 6.92 Å². The predicted molar refractivity (Wildman–Crippen MR) is 118 cm³/mol. The second-order valence-electron chi connectivity index (χ2n) is 8.53. The minimum atomic E-state index is -1.09. The zero-order chi connectivity index (χ0) is 23.5. The number of benzene rings is 2. The number of carbonyl (C=O) groups excluding carboxylic acids is 3. The van der Waals surface area contributed by atoms with E-state index >= 15 is 0 Å². The smallest absolute Gasteiger partial charge is 0.308 e. The van der Waals surface area contributed by atoms with Gasteiger partial charge in [-0.3, -0.25) is 19.2 Å². The number of esters is 1. The lowest BCUT2D eigenvalue weighted by Gasteiger charge is -2.27. The van der Waals surface area contributed by atoms with Crippen molar-refractivity contribution in [2.75, 3.05) is 6.54 Å². The molecule has 2 aliphatic heterocycles. The molecule has 33 heavy (non-hydrogen) atoms. The summed E-state index contributed by atoms with van der Waals surface area (Å²) >= 11 is 0. The van der Waals surface area contributed by atoms with Gasteiger partial charge in [-0.1, -0.05) is 54.6 Å². The van der Waals surface area contributed by atoms with E-state index in [0.717, 1.165) is 16.7 Å². The summed E-state index contributed by atoms with van der Waals surface area (Å²) in [5, 5.41) is 12.3. The van der Waals surface area contributed by atoms with Crippen molar-refractivity contribution in [3.8, 4) is 0 Å². The summed E-state index contributed by atoms with van der Waals surface area (Å²) in [6.07, 6.45) is -0.291. The van der Waals surface area contributed by atoms with Crippen LogP contribution in [-0.2, 0) is 36.8 Å². The van der Waals surface area contributed by atoms with Gasteiger partial charge >= 0.3 is 11.9 Å². The van der Waals surface area contributed by atoms with Crippen molar-refractivity contribution < 1.29 is 29.0 Å². The second-order valence-corrected chi connectivity index (χ2v) is 8.53. The van der Waals surface area contributed by atoms with E-state index in [1.54, 1.807) is 4.90 Å². The van der Waals surface area contributed by atoms with Crippen molar-refractivity contribution in [1.82, 2.24) is 10.2 Å². The Morgan fingerprint density at radius 3 is 2.52 bits per heavy atom. The molecule has 0 aromatic heterocycles. The molecule has 1 fully saturated rings. The summed E-state index contributed by atoms with van der Waals surface area (Å²) in [4.78, 5) is 51.4. The van der Waals surface area contributed by atoms with Crippen molar-refractivity contribution in [2.45, 2.75) is 44.4 Å². The number of hydrogen-bond acceptors (Lipinski definition) is 5. The summed E-state index contributed by atoms with van der Waals surface area (Å²) in [6.45, 7) is 1.33. The van der Waals surface area contributed by atoms with Gasteiger partial charge in [0.2, 0.25) is 5.91 Å². The topological polar surface area (TPSA) is 113 Å². The molecule has 2 aromatic carbocycles. The van der Waals surface area contributed by atoms with Crippen LogP contribution in [0.5, 0.6) is 0 Å². The first-order chi connectivity index (χ1) is 15.8. The van der Waals surface area contributed by atoms with E-state index in [1.807, 2.05) is 54.6 Å². The first kappa shape index (κ1) is 22.5. The molecule has 0 saturated carbocycles. The fourth-order valence-electron chi connectivity index (χ4n) is 4.70. The van der Waals surface area contributed by atoms with E-state index in [0.29, 0.717) is 6.42 Å². The molecule has 1 saturated heterocycles. The third-order valence-corrected chi connectivity index (χ3v) is 6.25. The lowest BCUT2D eigenvalue weighted by Crippen LogP contribution is -2.52. The number of nitrogens with zero attached hydrogens (tertiary/aromatic N) is 1. The highest BCUT2D eigenvalue weighted by molar-refractivity contribution is 5.91. The van der Waals surface area contributed by atoms with Gasteiger partial charge in [-0.2, -0.15) is 0 Å². The number of rotatable bonds is 6. The summed E-state index contributed by atoms with van der Waals surface area (Å²) in [6, 6.07) is 15.5. The fraction of sp³-hybridized carbons (Fsp3) is 0.360. The van der Waals surface area contributed by atoms with Gasteiger partial charge < -0.3 is 20.1 Å². The van der Waals surface area contributed by atoms with Crippen LogP contribution in [0.1, 0.15) is 36.1 Å². The first-order valence-corrected chi connectivity index (χ1v) is 11.0. The molecule has 4 rings (SSSR count). The Morgan fingerprint density at radius 2 is 1.82 bits per heavy atom. The van der Waals surface area contributed by atoms with Crippen molar-refractivity contribution >= 4 is 23.8 Å². The molecule has 0 unspecified atom stereocenters. The summed E-state index contributed by atoms with van der Waals surface area (Å²) in [5.74, 6) is -3.07. The molecule has 4 atom stereocenters. The van der Waals surface area contributed by atoms with Gasteiger partial charge in [-0.05, 0) is 23.1 Å². The number of carboxylic acids is 1. The molecule has 8 nitrogen and oxygen atoms in total. The number of fused-ring (bicyclic) bond motifs is 3. The molecule has 172 valence electrons. The van der Waals surface area contributed by atoms with Crippen molar-refractivity contribution in [1.29, 1.82) is 0 Å². The van der Waals surface area contributed by atoms with Crippen LogP contribution in [0.2, 0.25) is 0 Å². The van der Waals surface area contributed by atoms with Gasteiger partial charge in [0.25, 0.3) is 5.91 Å². The van der Waals surface area contributed by atoms with Gasteiger partial charge in [-0.15, -0.1) is 0 Å². The van der Waals surface area contributed by atoms with E-state index < -0.39 is 35.9 Å². The van der Waals surface area contributed by atoms with E-state index in [2.05, 4.69) is 5.32 Å². The van der Waals surface area contributed by atoms with Gasteiger partial charge in [-0.25, -0.2) is 0 Å². The van der Waals surface area contributed by atoms with Crippen LogP contribution in [-0.4, -0.2) is 52.4 Å².